The molecule has 0 heterocycles. The molecule has 0 spiro atoms. The fourth-order valence-corrected chi connectivity index (χ4v) is 0.717. The minimum Gasteiger partial charge on any atom is -0.330 e. The fraction of sp³-hybridized carbons (Fsp3) is 0.857. The number of alkyl halides is 3. The van der Waals surface area contributed by atoms with Crippen molar-refractivity contribution < 1.29 is 13.2 Å². The molecule has 0 saturated carbocycles. The summed E-state index contributed by atoms with van der Waals surface area (Å²) < 4.78 is 36.5. The molecule has 0 amide bonds. The highest BCUT2D eigenvalue weighted by atomic mass is 19.4. The van der Waals surface area contributed by atoms with Crippen LogP contribution in [0.5, 0.6) is 0 Å². The Kier molecular flexibility index (Phi) is 3.53. The molecule has 0 bridgehead atoms. The van der Waals surface area contributed by atoms with E-state index in [9.17, 15) is 13.2 Å². The molecule has 1 unspecified atom stereocenters. The van der Waals surface area contributed by atoms with Gasteiger partial charge in [-0.25, -0.2) is 0 Å². The van der Waals surface area contributed by atoms with Crippen molar-refractivity contribution >= 4 is 0 Å². The van der Waals surface area contributed by atoms with Crippen LogP contribution in [-0.4, -0.2) is 12.7 Å². The molecule has 0 aliphatic rings. The first kappa shape index (κ1) is 11.2. The van der Waals surface area contributed by atoms with E-state index in [0.717, 1.165) is 6.92 Å². The van der Waals surface area contributed by atoms with Gasteiger partial charge in [0.05, 0.1) is 6.07 Å². The van der Waals surface area contributed by atoms with Gasteiger partial charge < -0.3 is 5.73 Å². The number of rotatable bonds is 3. The van der Waals surface area contributed by atoms with Crippen LogP contribution in [0.25, 0.3) is 0 Å². The molecule has 1 atom stereocenters. The Labute approximate surface area is 69.2 Å². The maximum absolute atomic E-state index is 12.2. The van der Waals surface area contributed by atoms with Gasteiger partial charge in [-0.05, 0) is 26.3 Å². The number of hydrogen-bond donors (Lipinski definition) is 1. The van der Waals surface area contributed by atoms with E-state index in [0.29, 0.717) is 0 Å². The Morgan fingerprint density at radius 1 is 1.42 bits per heavy atom. The average Bonchev–Trinajstić information content (AvgIpc) is 1.98. The van der Waals surface area contributed by atoms with Gasteiger partial charge in [-0.2, -0.15) is 18.4 Å². The van der Waals surface area contributed by atoms with E-state index in [1.54, 1.807) is 0 Å². The maximum Gasteiger partial charge on any atom is 0.406 e. The second-order valence-corrected chi connectivity index (χ2v) is 2.83. The molecule has 0 saturated heterocycles. The minimum atomic E-state index is -4.46. The summed E-state index contributed by atoms with van der Waals surface area (Å²) in [5.74, 6) is 0. The van der Waals surface area contributed by atoms with Crippen LogP contribution < -0.4 is 5.73 Å². The van der Waals surface area contributed by atoms with E-state index in [-0.39, 0.29) is 19.4 Å². The summed E-state index contributed by atoms with van der Waals surface area (Å²) in [4.78, 5) is 0. The van der Waals surface area contributed by atoms with E-state index in [2.05, 4.69) is 0 Å². The molecule has 70 valence electrons. The number of hydrogen-bond acceptors (Lipinski definition) is 2. The number of halogens is 3. The van der Waals surface area contributed by atoms with Crippen molar-refractivity contribution in [3.8, 4) is 6.07 Å². The van der Waals surface area contributed by atoms with Gasteiger partial charge in [0.2, 0.25) is 0 Å². The second-order valence-electron chi connectivity index (χ2n) is 2.83. The largest absolute Gasteiger partial charge is 0.406 e. The lowest BCUT2D eigenvalue weighted by Crippen LogP contribution is -2.34. The molecule has 0 fully saturated rings. The molecule has 0 aromatic rings. The van der Waals surface area contributed by atoms with E-state index in [4.69, 9.17) is 11.0 Å². The summed E-state index contributed by atoms with van der Waals surface area (Å²) in [5, 5.41) is 8.34. The molecule has 5 heteroatoms. The SMILES string of the molecule is CC(C#N)(CCCN)C(F)(F)F. The molecule has 2 nitrogen and oxygen atoms in total. The van der Waals surface area contributed by atoms with Gasteiger partial charge in [0.1, 0.15) is 5.41 Å². The highest BCUT2D eigenvalue weighted by Crippen LogP contribution is 2.40. The number of nitrogens with zero attached hydrogens (tertiary/aromatic N) is 1. The first-order valence-corrected chi connectivity index (χ1v) is 3.55. The van der Waals surface area contributed by atoms with E-state index in [1.165, 1.54) is 6.07 Å². The van der Waals surface area contributed by atoms with Gasteiger partial charge >= 0.3 is 6.18 Å². The first-order valence-electron chi connectivity index (χ1n) is 3.55. The zero-order valence-electron chi connectivity index (χ0n) is 6.78. The summed E-state index contributed by atoms with van der Waals surface area (Å²) >= 11 is 0. The summed E-state index contributed by atoms with van der Waals surface area (Å²) in [6.45, 7) is 1.07. The van der Waals surface area contributed by atoms with Crippen molar-refractivity contribution in [2.24, 2.45) is 11.1 Å². The Bertz CT molecular complexity index is 182. The topological polar surface area (TPSA) is 49.8 Å². The smallest absolute Gasteiger partial charge is 0.330 e. The molecule has 2 N–H and O–H groups in total. The third kappa shape index (κ3) is 2.38. The van der Waals surface area contributed by atoms with Crippen LogP contribution in [0.3, 0.4) is 0 Å². The lowest BCUT2D eigenvalue weighted by atomic mass is 9.86. The van der Waals surface area contributed by atoms with Crippen LogP contribution in [0.15, 0.2) is 0 Å². The normalized spacial score (nSPS) is 16.7. The van der Waals surface area contributed by atoms with Gasteiger partial charge in [0.25, 0.3) is 0 Å². The van der Waals surface area contributed by atoms with Crippen LogP contribution in [0.1, 0.15) is 19.8 Å². The molecule has 0 aromatic carbocycles. The monoisotopic (exact) mass is 180 g/mol. The van der Waals surface area contributed by atoms with E-state index >= 15 is 0 Å². The quantitative estimate of drug-likeness (QED) is 0.720. The zero-order chi connectivity index (χ0) is 9.83. The summed E-state index contributed by atoms with van der Waals surface area (Å²) in [5.41, 5.74) is 2.81. The van der Waals surface area contributed by atoms with Crippen molar-refractivity contribution in [3.63, 3.8) is 0 Å². The highest BCUT2D eigenvalue weighted by Gasteiger charge is 2.50. The van der Waals surface area contributed by atoms with Crippen LogP contribution in [0.2, 0.25) is 0 Å². The van der Waals surface area contributed by atoms with Crippen molar-refractivity contribution in [1.82, 2.24) is 0 Å². The maximum atomic E-state index is 12.2. The van der Waals surface area contributed by atoms with Gasteiger partial charge in [0, 0.05) is 0 Å². The molecular weight excluding hydrogens is 169 g/mol. The average molecular weight is 180 g/mol. The first-order chi connectivity index (χ1) is 5.37. The van der Waals surface area contributed by atoms with Crippen LogP contribution in [0, 0.1) is 16.7 Å². The van der Waals surface area contributed by atoms with Crippen molar-refractivity contribution in [2.75, 3.05) is 6.54 Å². The minimum absolute atomic E-state index is 0.174. The molecule has 0 aliphatic carbocycles. The van der Waals surface area contributed by atoms with Crippen LogP contribution in [-0.2, 0) is 0 Å². The summed E-state index contributed by atoms with van der Waals surface area (Å²) in [6, 6.07) is 1.27. The lowest BCUT2D eigenvalue weighted by Gasteiger charge is -2.24. The predicted octanol–water partition coefficient (Wildman–Crippen LogP) is 1.82. The Balaban J connectivity index is 4.38. The summed E-state index contributed by atoms with van der Waals surface area (Å²) in [7, 11) is 0. The third-order valence-corrected chi connectivity index (χ3v) is 1.75. The Morgan fingerprint density at radius 3 is 2.17 bits per heavy atom. The Hall–Kier alpha value is -0.760. The predicted molar refractivity (Wildman–Crippen MR) is 38.1 cm³/mol. The van der Waals surface area contributed by atoms with Gasteiger partial charge in [-0.15, -0.1) is 0 Å². The lowest BCUT2D eigenvalue weighted by molar-refractivity contribution is -0.199. The fourth-order valence-electron chi connectivity index (χ4n) is 0.717. The molecule has 0 aromatic heterocycles. The third-order valence-electron chi connectivity index (χ3n) is 1.75. The van der Waals surface area contributed by atoms with Crippen molar-refractivity contribution in [2.45, 2.75) is 25.9 Å². The highest BCUT2D eigenvalue weighted by molar-refractivity contribution is 5.00. The standard InChI is InChI=1S/C7H11F3N2/c1-6(5-12,3-2-4-11)7(8,9)10/h2-4,11H2,1H3. The van der Waals surface area contributed by atoms with Crippen molar-refractivity contribution in [1.29, 1.82) is 5.26 Å². The molecule has 0 rings (SSSR count). The molecule has 12 heavy (non-hydrogen) atoms. The molecular formula is C7H11F3N2. The number of nitriles is 1. The molecule has 0 radical (unpaired) electrons. The van der Waals surface area contributed by atoms with Gasteiger partial charge in [0.15, 0.2) is 0 Å². The van der Waals surface area contributed by atoms with Crippen LogP contribution in [0.4, 0.5) is 13.2 Å². The van der Waals surface area contributed by atoms with E-state index < -0.39 is 11.6 Å². The molecule has 0 aliphatic heterocycles. The number of nitrogens with two attached hydrogens (primary N) is 1. The van der Waals surface area contributed by atoms with Crippen molar-refractivity contribution in [3.05, 3.63) is 0 Å². The second kappa shape index (κ2) is 3.76. The van der Waals surface area contributed by atoms with Crippen LogP contribution >= 0.6 is 0 Å². The Morgan fingerprint density at radius 2 is 1.92 bits per heavy atom. The van der Waals surface area contributed by atoms with Gasteiger partial charge in [-0.3, -0.25) is 0 Å². The van der Waals surface area contributed by atoms with Gasteiger partial charge in [-0.1, -0.05) is 0 Å². The summed E-state index contributed by atoms with van der Waals surface area (Å²) in [6.07, 6.45) is -4.48. The van der Waals surface area contributed by atoms with E-state index in [1.807, 2.05) is 0 Å². The zero-order valence-corrected chi connectivity index (χ0v) is 6.78.